The largest absolute Gasteiger partial charge is 0.234 e. The zero-order valence-corrected chi connectivity index (χ0v) is 9.97. The number of halogens is 6. The molecule has 0 spiro atoms. The minimum atomic E-state index is -2.19. The van der Waals surface area contributed by atoms with E-state index >= 15 is 0 Å². The average Bonchev–Trinajstić information content (AvgIpc) is 2.71. The lowest BCUT2D eigenvalue weighted by atomic mass is 10.2. The minimum absolute atomic E-state index is 0.492. The molecule has 1 aromatic heterocycles. The Hall–Kier alpha value is -1.19. The molecule has 1 aromatic carbocycles. The van der Waals surface area contributed by atoms with Crippen LogP contribution in [0.4, 0.5) is 22.0 Å². The van der Waals surface area contributed by atoms with Gasteiger partial charge in [-0.15, -0.1) is 0 Å². The van der Waals surface area contributed by atoms with E-state index in [0.717, 1.165) is 6.20 Å². The third-order valence-corrected chi connectivity index (χ3v) is 2.52. The van der Waals surface area contributed by atoms with Crippen LogP contribution in [-0.4, -0.2) is 9.78 Å². The second kappa shape index (κ2) is 4.24. The summed E-state index contributed by atoms with van der Waals surface area (Å²) in [4.78, 5) is 0. The molecule has 0 saturated heterocycles. The van der Waals surface area contributed by atoms with Crippen LogP contribution in [-0.2, 0) is 0 Å². The maximum absolute atomic E-state index is 13.3. The molecule has 90 valence electrons. The second-order valence-corrected chi connectivity index (χ2v) is 4.27. The Labute approximate surface area is 105 Å². The normalized spacial score (nSPS) is 10.9. The molecule has 2 aromatic rings. The van der Waals surface area contributed by atoms with Gasteiger partial charge in [-0.2, -0.15) is 5.10 Å². The van der Waals surface area contributed by atoms with Crippen molar-refractivity contribution in [2.24, 2.45) is 0 Å². The van der Waals surface area contributed by atoms with Gasteiger partial charge in [0.1, 0.15) is 5.69 Å². The third-order valence-electron chi connectivity index (χ3n) is 1.97. The van der Waals surface area contributed by atoms with E-state index in [2.05, 4.69) is 5.10 Å². The van der Waals surface area contributed by atoms with E-state index in [-0.39, 0.29) is 0 Å². The van der Waals surface area contributed by atoms with E-state index in [1.807, 2.05) is 0 Å². The highest BCUT2D eigenvalue weighted by atomic mass is 127. The van der Waals surface area contributed by atoms with Crippen molar-refractivity contribution < 1.29 is 22.0 Å². The smallest absolute Gasteiger partial charge is 0.200 e. The first kappa shape index (κ1) is 12.3. The Morgan fingerprint density at radius 2 is 1.35 bits per heavy atom. The van der Waals surface area contributed by atoms with E-state index in [4.69, 9.17) is 0 Å². The summed E-state index contributed by atoms with van der Waals surface area (Å²) in [5, 5.41) is 3.49. The first-order chi connectivity index (χ1) is 7.93. The highest BCUT2D eigenvalue weighted by Crippen LogP contribution is 2.25. The summed E-state index contributed by atoms with van der Waals surface area (Å²) in [6, 6.07) is 0. The van der Waals surface area contributed by atoms with Crippen LogP contribution in [0.5, 0.6) is 0 Å². The summed E-state index contributed by atoms with van der Waals surface area (Å²) in [5.74, 6) is -10.0. The molecule has 0 aliphatic heterocycles. The Bertz CT molecular complexity index is 566. The Kier molecular flexibility index (Phi) is 3.06. The topological polar surface area (TPSA) is 17.8 Å². The molecule has 0 bridgehead atoms. The predicted molar refractivity (Wildman–Crippen MR) is 56.1 cm³/mol. The van der Waals surface area contributed by atoms with Gasteiger partial charge in [-0.05, 0) is 22.6 Å². The number of rotatable bonds is 1. The fraction of sp³-hybridized carbons (Fsp3) is 0. The molecule has 0 fully saturated rings. The van der Waals surface area contributed by atoms with E-state index < -0.39 is 34.8 Å². The van der Waals surface area contributed by atoms with E-state index in [0.29, 0.717) is 8.25 Å². The van der Waals surface area contributed by atoms with Crippen LogP contribution in [0.25, 0.3) is 5.69 Å². The summed E-state index contributed by atoms with van der Waals surface area (Å²) < 4.78 is 66.3. The lowest BCUT2D eigenvalue weighted by Crippen LogP contribution is -2.09. The first-order valence-corrected chi connectivity index (χ1v) is 5.23. The van der Waals surface area contributed by atoms with Gasteiger partial charge in [-0.3, -0.25) is 0 Å². The molecule has 2 rings (SSSR count). The summed E-state index contributed by atoms with van der Waals surface area (Å²) in [7, 11) is 0. The van der Waals surface area contributed by atoms with Crippen LogP contribution in [0.2, 0.25) is 0 Å². The van der Waals surface area contributed by atoms with Crippen molar-refractivity contribution in [3.8, 4) is 5.69 Å². The average molecular weight is 360 g/mol. The summed E-state index contributed by atoms with van der Waals surface area (Å²) in [6.07, 6.45) is 2.36. The Morgan fingerprint density at radius 3 is 1.76 bits per heavy atom. The van der Waals surface area contributed by atoms with Crippen molar-refractivity contribution in [2.45, 2.75) is 0 Å². The van der Waals surface area contributed by atoms with Crippen molar-refractivity contribution in [2.75, 3.05) is 0 Å². The van der Waals surface area contributed by atoms with Crippen molar-refractivity contribution in [3.63, 3.8) is 0 Å². The van der Waals surface area contributed by atoms with Crippen LogP contribution < -0.4 is 0 Å². The number of benzene rings is 1. The fourth-order valence-electron chi connectivity index (χ4n) is 1.22. The fourth-order valence-corrected chi connectivity index (χ4v) is 1.61. The van der Waals surface area contributed by atoms with Gasteiger partial charge >= 0.3 is 0 Å². The van der Waals surface area contributed by atoms with Crippen molar-refractivity contribution in [1.29, 1.82) is 0 Å². The lowest BCUT2D eigenvalue weighted by Gasteiger charge is -2.07. The molecular formula is C9H2F5IN2. The molecule has 0 amide bonds. The molecule has 0 saturated carbocycles. The van der Waals surface area contributed by atoms with Crippen molar-refractivity contribution in [1.82, 2.24) is 9.78 Å². The quantitative estimate of drug-likeness (QED) is 0.331. The molecule has 1 heterocycles. The molecule has 0 unspecified atom stereocenters. The van der Waals surface area contributed by atoms with Gasteiger partial charge in [0.2, 0.25) is 5.82 Å². The SMILES string of the molecule is Fc1c(F)c(F)c(-n2cc(I)cn2)c(F)c1F. The molecule has 2 nitrogen and oxygen atoms in total. The van der Waals surface area contributed by atoms with E-state index in [1.54, 1.807) is 22.6 Å². The van der Waals surface area contributed by atoms with Crippen LogP contribution in [0.3, 0.4) is 0 Å². The van der Waals surface area contributed by atoms with Crippen molar-refractivity contribution >= 4 is 22.6 Å². The van der Waals surface area contributed by atoms with E-state index in [9.17, 15) is 22.0 Å². The first-order valence-electron chi connectivity index (χ1n) is 4.15. The minimum Gasteiger partial charge on any atom is -0.234 e. The van der Waals surface area contributed by atoms with Gasteiger partial charge < -0.3 is 0 Å². The molecule has 0 atom stereocenters. The molecular weight excluding hydrogens is 358 g/mol. The lowest BCUT2D eigenvalue weighted by molar-refractivity contribution is 0.374. The number of hydrogen-bond acceptors (Lipinski definition) is 1. The summed E-state index contributed by atoms with van der Waals surface area (Å²) in [5.41, 5.74) is -1.09. The van der Waals surface area contributed by atoms with Crippen molar-refractivity contribution in [3.05, 3.63) is 45.0 Å². The number of nitrogens with zero attached hydrogens (tertiary/aromatic N) is 2. The second-order valence-electron chi connectivity index (χ2n) is 3.02. The predicted octanol–water partition coefficient (Wildman–Crippen LogP) is 3.17. The standard InChI is InChI=1S/C9H2F5IN2/c10-4-5(11)7(13)9(8(14)6(4)12)17-2-3(15)1-16-17/h1-2H. The van der Waals surface area contributed by atoms with Crippen LogP contribution >= 0.6 is 22.6 Å². The summed E-state index contributed by atoms with van der Waals surface area (Å²) in [6.45, 7) is 0. The van der Waals surface area contributed by atoms with Gasteiger partial charge in [-0.1, -0.05) is 0 Å². The van der Waals surface area contributed by atoms with Gasteiger partial charge in [0, 0.05) is 6.20 Å². The number of hydrogen-bond donors (Lipinski definition) is 0. The maximum atomic E-state index is 13.3. The molecule has 8 heteroatoms. The van der Waals surface area contributed by atoms with Crippen LogP contribution in [0.1, 0.15) is 0 Å². The zero-order chi connectivity index (χ0) is 12.7. The summed E-state index contributed by atoms with van der Waals surface area (Å²) >= 11 is 1.79. The Balaban J connectivity index is 2.78. The molecule has 0 aliphatic carbocycles. The van der Waals surface area contributed by atoms with Gasteiger partial charge in [0.05, 0.1) is 9.77 Å². The molecule has 0 radical (unpaired) electrons. The number of aromatic nitrogens is 2. The van der Waals surface area contributed by atoms with Crippen LogP contribution in [0.15, 0.2) is 12.4 Å². The van der Waals surface area contributed by atoms with Crippen LogP contribution in [0, 0.1) is 32.7 Å². The molecule has 0 aliphatic rings. The molecule has 0 N–H and O–H groups in total. The van der Waals surface area contributed by atoms with Gasteiger partial charge in [0.15, 0.2) is 23.3 Å². The zero-order valence-electron chi connectivity index (χ0n) is 7.82. The third kappa shape index (κ3) is 1.90. The molecule has 17 heavy (non-hydrogen) atoms. The maximum Gasteiger partial charge on any atom is 0.200 e. The van der Waals surface area contributed by atoms with Gasteiger partial charge in [0.25, 0.3) is 0 Å². The van der Waals surface area contributed by atoms with E-state index in [1.165, 1.54) is 6.20 Å². The highest BCUT2D eigenvalue weighted by molar-refractivity contribution is 14.1. The van der Waals surface area contributed by atoms with Gasteiger partial charge in [-0.25, -0.2) is 26.6 Å². The highest BCUT2D eigenvalue weighted by Gasteiger charge is 2.27. The Morgan fingerprint density at radius 1 is 0.882 bits per heavy atom. The monoisotopic (exact) mass is 360 g/mol.